The maximum absolute atomic E-state index is 12.4. The van der Waals surface area contributed by atoms with Gasteiger partial charge in [-0.1, -0.05) is 0 Å². The van der Waals surface area contributed by atoms with E-state index in [1.807, 2.05) is 43.0 Å². The monoisotopic (exact) mass is 277 g/mol. The van der Waals surface area contributed by atoms with E-state index in [-0.39, 0.29) is 5.91 Å². The van der Waals surface area contributed by atoms with Gasteiger partial charge in [0.15, 0.2) is 0 Å². The predicted octanol–water partition coefficient (Wildman–Crippen LogP) is 1.52. The quantitative estimate of drug-likeness (QED) is 0.890. The summed E-state index contributed by atoms with van der Waals surface area (Å²) in [4.78, 5) is 20.4. The third-order valence-corrected chi connectivity index (χ3v) is 3.80. The Labute approximate surface area is 120 Å². The van der Waals surface area contributed by atoms with Crippen LogP contribution in [-0.2, 0) is 0 Å². The van der Waals surface area contributed by atoms with Gasteiger partial charge in [-0.3, -0.25) is 4.79 Å². The van der Waals surface area contributed by atoms with Crippen molar-refractivity contribution in [3.8, 4) is 0 Å². The van der Waals surface area contributed by atoms with E-state index in [1.54, 1.807) is 6.20 Å². The van der Waals surface area contributed by atoms with Crippen LogP contribution in [0, 0.1) is 0 Å². The maximum atomic E-state index is 12.4. The molecular weight excluding hydrogens is 254 g/mol. The molecule has 20 heavy (non-hydrogen) atoms. The third-order valence-electron chi connectivity index (χ3n) is 3.80. The number of likely N-dealkylation sites (tertiary alicyclic amines) is 1. The molecule has 5 nitrogen and oxygen atoms in total. The van der Waals surface area contributed by atoms with Crippen LogP contribution in [0.15, 0.2) is 18.3 Å². The van der Waals surface area contributed by atoms with Gasteiger partial charge in [0.2, 0.25) is 0 Å². The van der Waals surface area contributed by atoms with Crippen molar-refractivity contribution in [3.05, 3.63) is 23.9 Å². The SMILES string of the molecule is CN(C)c1ccc(C(=O)N2CCCC(C)(O)CC2)cn1. The van der Waals surface area contributed by atoms with E-state index < -0.39 is 5.60 Å². The second-order valence-electron chi connectivity index (χ2n) is 5.94. The lowest BCUT2D eigenvalue weighted by Crippen LogP contribution is -2.33. The molecule has 0 saturated carbocycles. The van der Waals surface area contributed by atoms with Crippen molar-refractivity contribution in [2.45, 2.75) is 31.8 Å². The number of rotatable bonds is 2. The van der Waals surface area contributed by atoms with Gasteiger partial charge in [0.25, 0.3) is 5.91 Å². The number of nitrogens with zero attached hydrogens (tertiary/aromatic N) is 3. The highest BCUT2D eigenvalue weighted by Crippen LogP contribution is 2.22. The lowest BCUT2D eigenvalue weighted by Gasteiger charge is -2.22. The van der Waals surface area contributed by atoms with Crippen LogP contribution in [-0.4, -0.2) is 53.7 Å². The molecule has 1 N–H and O–H groups in total. The molecule has 0 aliphatic carbocycles. The van der Waals surface area contributed by atoms with Crippen molar-refractivity contribution >= 4 is 11.7 Å². The van der Waals surface area contributed by atoms with Gasteiger partial charge in [-0.05, 0) is 38.3 Å². The lowest BCUT2D eigenvalue weighted by atomic mass is 9.98. The van der Waals surface area contributed by atoms with E-state index in [4.69, 9.17) is 0 Å². The number of hydrogen-bond acceptors (Lipinski definition) is 4. The first kappa shape index (κ1) is 14.8. The molecule has 1 fully saturated rings. The Balaban J connectivity index is 2.07. The average Bonchev–Trinajstić information content (AvgIpc) is 2.59. The first-order valence-corrected chi connectivity index (χ1v) is 7.04. The first-order chi connectivity index (χ1) is 9.39. The summed E-state index contributed by atoms with van der Waals surface area (Å²) < 4.78 is 0. The Morgan fingerprint density at radius 3 is 2.70 bits per heavy atom. The van der Waals surface area contributed by atoms with Gasteiger partial charge in [0.05, 0.1) is 11.2 Å². The number of pyridine rings is 1. The molecule has 5 heteroatoms. The van der Waals surface area contributed by atoms with Crippen LogP contribution in [0.4, 0.5) is 5.82 Å². The Morgan fingerprint density at radius 2 is 2.10 bits per heavy atom. The minimum Gasteiger partial charge on any atom is -0.390 e. The van der Waals surface area contributed by atoms with Crippen molar-refractivity contribution < 1.29 is 9.90 Å². The van der Waals surface area contributed by atoms with Gasteiger partial charge in [0.1, 0.15) is 5.82 Å². The van der Waals surface area contributed by atoms with Gasteiger partial charge in [0, 0.05) is 33.4 Å². The number of carbonyl (C=O) groups is 1. The molecule has 2 heterocycles. The number of anilines is 1. The number of aromatic nitrogens is 1. The molecule has 1 aliphatic heterocycles. The standard InChI is InChI=1S/C15H23N3O2/c1-15(20)7-4-9-18(10-8-15)14(19)12-5-6-13(16-11-12)17(2)3/h5-6,11,20H,4,7-10H2,1-3H3. The largest absolute Gasteiger partial charge is 0.390 e. The van der Waals surface area contributed by atoms with Crippen molar-refractivity contribution in [1.29, 1.82) is 0 Å². The van der Waals surface area contributed by atoms with E-state index in [2.05, 4.69) is 4.98 Å². The van der Waals surface area contributed by atoms with E-state index >= 15 is 0 Å². The van der Waals surface area contributed by atoms with Gasteiger partial charge < -0.3 is 14.9 Å². The predicted molar refractivity (Wildman–Crippen MR) is 78.9 cm³/mol. The smallest absolute Gasteiger partial charge is 0.255 e. The molecule has 1 aliphatic rings. The van der Waals surface area contributed by atoms with Crippen LogP contribution in [0.2, 0.25) is 0 Å². The van der Waals surface area contributed by atoms with E-state index in [1.165, 1.54) is 0 Å². The van der Waals surface area contributed by atoms with Crippen molar-refractivity contribution in [1.82, 2.24) is 9.88 Å². The fraction of sp³-hybridized carbons (Fsp3) is 0.600. The summed E-state index contributed by atoms with van der Waals surface area (Å²) in [7, 11) is 3.83. The molecule has 0 bridgehead atoms. The molecule has 1 aromatic heterocycles. The van der Waals surface area contributed by atoms with Crippen LogP contribution >= 0.6 is 0 Å². The van der Waals surface area contributed by atoms with E-state index in [9.17, 15) is 9.90 Å². The Kier molecular flexibility index (Phi) is 4.28. The van der Waals surface area contributed by atoms with Crippen molar-refractivity contribution in [2.75, 3.05) is 32.1 Å². The number of aliphatic hydroxyl groups is 1. The fourth-order valence-corrected chi connectivity index (χ4v) is 2.43. The Morgan fingerprint density at radius 1 is 1.35 bits per heavy atom. The van der Waals surface area contributed by atoms with Crippen LogP contribution in [0.25, 0.3) is 0 Å². The van der Waals surface area contributed by atoms with E-state index in [0.29, 0.717) is 25.1 Å². The zero-order valence-electron chi connectivity index (χ0n) is 12.5. The third kappa shape index (κ3) is 3.48. The van der Waals surface area contributed by atoms with Crippen molar-refractivity contribution in [2.24, 2.45) is 0 Å². The van der Waals surface area contributed by atoms with Crippen LogP contribution in [0.5, 0.6) is 0 Å². The highest BCUT2D eigenvalue weighted by molar-refractivity contribution is 5.94. The molecule has 0 spiro atoms. The Bertz CT molecular complexity index is 469. The summed E-state index contributed by atoms with van der Waals surface area (Å²) >= 11 is 0. The van der Waals surface area contributed by atoms with Crippen molar-refractivity contribution in [3.63, 3.8) is 0 Å². The molecular formula is C15H23N3O2. The normalized spacial score (nSPS) is 23.3. The van der Waals surface area contributed by atoms with Crippen LogP contribution in [0.1, 0.15) is 36.5 Å². The van der Waals surface area contributed by atoms with Gasteiger partial charge in [-0.15, -0.1) is 0 Å². The summed E-state index contributed by atoms with van der Waals surface area (Å²) in [6, 6.07) is 3.66. The second kappa shape index (κ2) is 5.79. The van der Waals surface area contributed by atoms with Crippen LogP contribution < -0.4 is 4.90 Å². The maximum Gasteiger partial charge on any atom is 0.255 e. The summed E-state index contributed by atoms with van der Waals surface area (Å²) in [5.74, 6) is 0.834. The van der Waals surface area contributed by atoms with Gasteiger partial charge in [-0.2, -0.15) is 0 Å². The zero-order valence-corrected chi connectivity index (χ0v) is 12.5. The summed E-state index contributed by atoms with van der Waals surface area (Å²) in [6.45, 7) is 3.14. The first-order valence-electron chi connectivity index (χ1n) is 7.04. The Hall–Kier alpha value is -1.62. The number of amides is 1. The number of hydrogen-bond donors (Lipinski definition) is 1. The molecule has 1 atom stereocenters. The van der Waals surface area contributed by atoms with Crippen LogP contribution in [0.3, 0.4) is 0 Å². The summed E-state index contributed by atoms with van der Waals surface area (Å²) in [5, 5.41) is 10.1. The fourth-order valence-electron chi connectivity index (χ4n) is 2.43. The molecule has 110 valence electrons. The van der Waals surface area contributed by atoms with Gasteiger partial charge >= 0.3 is 0 Å². The molecule has 0 radical (unpaired) electrons. The molecule has 1 unspecified atom stereocenters. The second-order valence-corrected chi connectivity index (χ2v) is 5.94. The number of carbonyl (C=O) groups excluding carboxylic acids is 1. The van der Waals surface area contributed by atoms with E-state index in [0.717, 1.165) is 18.7 Å². The highest BCUT2D eigenvalue weighted by atomic mass is 16.3. The highest BCUT2D eigenvalue weighted by Gasteiger charge is 2.27. The minimum atomic E-state index is -0.651. The molecule has 2 rings (SSSR count). The molecule has 0 aromatic carbocycles. The lowest BCUT2D eigenvalue weighted by molar-refractivity contribution is 0.0438. The molecule has 1 aromatic rings. The summed E-state index contributed by atoms with van der Waals surface area (Å²) in [5.41, 5.74) is -0.0423. The topological polar surface area (TPSA) is 56.7 Å². The minimum absolute atomic E-state index is 0.000469. The summed E-state index contributed by atoms with van der Waals surface area (Å²) in [6.07, 6.45) is 3.83. The molecule has 1 amide bonds. The average molecular weight is 277 g/mol. The van der Waals surface area contributed by atoms with Gasteiger partial charge in [-0.25, -0.2) is 4.98 Å². The molecule has 1 saturated heterocycles. The zero-order chi connectivity index (χ0) is 14.8.